The van der Waals surface area contributed by atoms with Gasteiger partial charge in [0.2, 0.25) is 5.95 Å². The van der Waals surface area contributed by atoms with Crippen molar-refractivity contribution in [3.8, 4) is 11.3 Å². The molecule has 3 aromatic rings. The van der Waals surface area contributed by atoms with Crippen molar-refractivity contribution in [2.24, 2.45) is 5.73 Å². The lowest BCUT2D eigenvalue weighted by atomic mass is 9.91. The van der Waals surface area contributed by atoms with Gasteiger partial charge in [0.15, 0.2) is 5.65 Å². The molecule has 9 heteroatoms. The molecule has 0 bridgehead atoms. The van der Waals surface area contributed by atoms with Crippen molar-refractivity contribution >= 4 is 28.6 Å². The van der Waals surface area contributed by atoms with Crippen LogP contribution in [-0.4, -0.2) is 43.8 Å². The number of fused-ring (bicyclic) bond motifs is 1. The fourth-order valence-corrected chi connectivity index (χ4v) is 3.29. The molecule has 4 rings (SSSR count). The summed E-state index contributed by atoms with van der Waals surface area (Å²) in [6.45, 7) is 3.53. The Morgan fingerprint density at radius 3 is 2.84 bits per heavy atom. The van der Waals surface area contributed by atoms with Crippen molar-refractivity contribution in [3.05, 3.63) is 33.8 Å². The van der Waals surface area contributed by atoms with Crippen LogP contribution < -0.4 is 16.2 Å². The molecule has 0 unspecified atom stereocenters. The number of nitrogens with zero attached hydrogens (tertiary/aromatic N) is 4. The van der Waals surface area contributed by atoms with E-state index in [4.69, 9.17) is 17.3 Å². The highest BCUT2D eigenvalue weighted by molar-refractivity contribution is 6.33. The van der Waals surface area contributed by atoms with E-state index in [-0.39, 0.29) is 11.1 Å². The van der Waals surface area contributed by atoms with Crippen LogP contribution in [0, 0.1) is 0 Å². The number of halogens is 1. The van der Waals surface area contributed by atoms with Crippen LogP contribution >= 0.6 is 11.6 Å². The van der Waals surface area contributed by atoms with Crippen LogP contribution in [0.2, 0.25) is 5.02 Å². The van der Waals surface area contributed by atoms with E-state index in [0.717, 1.165) is 25.9 Å². The average molecular weight is 360 g/mol. The summed E-state index contributed by atoms with van der Waals surface area (Å²) in [5.41, 5.74) is 7.31. The summed E-state index contributed by atoms with van der Waals surface area (Å²) >= 11 is 6.19. The third-order valence-corrected chi connectivity index (χ3v) is 4.96. The topological polar surface area (TPSA) is 117 Å². The van der Waals surface area contributed by atoms with Gasteiger partial charge < -0.3 is 10.6 Å². The molecule has 4 N–H and O–H groups in total. The Balaban J connectivity index is 1.76. The zero-order chi connectivity index (χ0) is 17.6. The number of rotatable bonds is 2. The molecule has 0 spiro atoms. The molecule has 0 saturated carbocycles. The van der Waals surface area contributed by atoms with E-state index in [2.05, 4.69) is 25.1 Å². The van der Waals surface area contributed by atoms with Crippen LogP contribution in [0.25, 0.3) is 22.3 Å². The van der Waals surface area contributed by atoms with Crippen molar-refractivity contribution in [2.75, 3.05) is 18.0 Å². The van der Waals surface area contributed by atoms with Crippen LogP contribution in [0.15, 0.2) is 23.3 Å². The van der Waals surface area contributed by atoms with Crippen molar-refractivity contribution < 1.29 is 0 Å². The predicted molar refractivity (Wildman–Crippen MR) is 96.8 cm³/mol. The fraction of sp³-hybridized carbons (Fsp3) is 0.375. The lowest BCUT2D eigenvalue weighted by Gasteiger charge is -2.36. The first-order valence-electron chi connectivity index (χ1n) is 8.07. The third kappa shape index (κ3) is 2.87. The van der Waals surface area contributed by atoms with Crippen LogP contribution in [-0.2, 0) is 0 Å². The van der Waals surface area contributed by atoms with Gasteiger partial charge in [-0.3, -0.25) is 19.9 Å². The molecule has 8 nitrogen and oxygen atoms in total. The predicted octanol–water partition coefficient (Wildman–Crippen LogP) is 1.68. The van der Waals surface area contributed by atoms with Crippen LogP contribution in [0.5, 0.6) is 0 Å². The smallest absolute Gasteiger partial charge is 0.264 e. The van der Waals surface area contributed by atoms with Gasteiger partial charge >= 0.3 is 0 Å². The highest BCUT2D eigenvalue weighted by atomic mass is 35.5. The van der Waals surface area contributed by atoms with Crippen LogP contribution in [0.4, 0.5) is 5.95 Å². The van der Waals surface area contributed by atoms with Gasteiger partial charge in [0.05, 0.1) is 10.7 Å². The SMILES string of the molecule is CC1(N)CCN(c2nc3n[nH]c(-c4ccncc4Cl)c3c(=O)[nH]2)CC1. The number of nitrogens with one attached hydrogen (secondary N) is 2. The van der Waals surface area contributed by atoms with E-state index in [1.54, 1.807) is 12.3 Å². The monoisotopic (exact) mass is 359 g/mol. The maximum atomic E-state index is 12.7. The molecule has 4 heterocycles. The van der Waals surface area contributed by atoms with Gasteiger partial charge in [-0.2, -0.15) is 10.1 Å². The van der Waals surface area contributed by atoms with Gasteiger partial charge in [-0.15, -0.1) is 0 Å². The number of hydrogen-bond donors (Lipinski definition) is 3. The summed E-state index contributed by atoms with van der Waals surface area (Å²) in [5.74, 6) is 0.520. The van der Waals surface area contributed by atoms with Crippen molar-refractivity contribution in [2.45, 2.75) is 25.3 Å². The minimum absolute atomic E-state index is 0.168. The van der Waals surface area contributed by atoms with Gasteiger partial charge in [0.1, 0.15) is 5.39 Å². The molecule has 130 valence electrons. The quantitative estimate of drug-likeness (QED) is 0.641. The lowest BCUT2D eigenvalue weighted by molar-refractivity contribution is 0.362. The van der Waals surface area contributed by atoms with E-state index >= 15 is 0 Å². The van der Waals surface area contributed by atoms with E-state index in [0.29, 0.717) is 33.3 Å². The standard InChI is InChI=1S/C16H18ClN7O/c1-16(18)3-6-24(7-4-16)15-20-13-11(14(25)21-15)12(22-23-13)9-2-5-19-8-10(9)17/h2,5,8H,3-4,6-7,18H2,1H3,(H2,20,21,22,23,25). The number of piperidine rings is 1. The number of H-pyrrole nitrogens is 2. The normalized spacial score (nSPS) is 17.2. The maximum absolute atomic E-state index is 12.7. The Kier molecular flexibility index (Phi) is 3.73. The van der Waals surface area contributed by atoms with Crippen LogP contribution in [0.1, 0.15) is 19.8 Å². The largest absolute Gasteiger partial charge is 0.342 e. The van der Waals surface area contributed by atoms with E-state index < -0.39 is 0 Å². The number of anilines is 1. The summed E-state index contributed by atoms with van der Waals surface area (Å²) in [6.07, 6.45) is 4.82. The highest BCUT2D eigenvalue weighted by Crippen LogP contribution is 2.29. The maximum Gasteiger partial charge on any atom is 0.264 e. The molecule has 1 fully saturated rings. The minimum Gasteiger partial charge on any atom is -0.342 e. The van der Waals surface area contributed by atoms with E-state index in [9.17, 15) is 4.79 Å². The second-order valence-electron chi connectivity index (χ2n) is 6.68. The molecule has 1 aliphatic heterocycles. The number of hydrogen-bond acceptors (Lipinski definition) is 6. The number of aromatic nitrogens is 5. The molecule has 0 aromatic carbocycles. The molecule has 0 amide bonds. The molecule has 3 aromatic heterocycles. The molecular formula is C16H18ClN7O. The molecule has 1 aliphatic rings. The van der Waals surface area contributed by atoms with E-state index in [1.165, 1.54) is 6.20 Å². The summed E-state index contributed by atoms with van der Waals surface area (Å²) in [6, 6.07) is 1.73. The van der Waals surface area contributed by atoms with Gasteiger partial charge in [0.25, 0.3) is 5.56 Å². The molecule has 0 radical (unpaired) electrons. The second kappa shape index (κ2) is 5.82. The summed E-state index contributed by atoms with van der Waals surface area (Å²) in [4.78, 5) is 26.0. The number of aromatic amines is 2. The zero-order valence-corrected chi connectivity index (χ0v) is 14.5. The first kappa shape index (κ1) is 16.0. The van der Waals surface area contributed by atoms with Crippen LogP contribution in [0.3, 0.4) is 0 Å². The van der Waals surface area contributed by atoms with Crippen molar-refractivity contribution in [1.82, 2.24) is 25.1 Å². The Hall–Kier alpha value is -2.45. The lowest BCUT2D eigenvalue weighted by Crippen LogP contribution is -2.48. The molecule has 1 saturated heterocycles. The molecule has 25 heavy (non-hydrogen) atoms. The summed E-state index contributed by atoms with van der Waals surface area (Å²) in [5, 5.41) is 7.89. The van der Waals surface area contributed by atoms with Crippen molar-refractivity contribution in [1.29, 1.82) is 0 Å². The van der Waals surface area contributed by atoms with Gasteiger partial charge in [-0.1, -0.05) is 11.6 Å². The summed E-state index contributed by atoms with van der Waals surface area (Å²) in [7, 11) is 0. The van der Waals surface area contributed by atoms with E-state index in [1.807, 2.05) is 11.8 Å². The minimum atomic E-state index is -0.252. The Morgan fingerprint density at radius 1 is 1.36 bits per heavy atom. The van der Waals surface area contributed by atoms with Gasteiger partial charge in [-0.25, -0.2) is 0 Å². The number of pyridine rings is 1. The Morgan fingerprint density at radius 2 is 2.12 bits per heavy atom. The summed E-state index contributed by atoms with van der Waals surface area (Å²) < 4.78 is 0. The molecule has 0 aliphatic carbocycles. The average Bonchev–Trinajstić information content (AvgIpc) is 2.99. The molecular weight excluding hydrogens is 342 g/mol. The van der Waals surface area contributed by atoms with Crippen molar-refractivity contribution in [3.63, 3.8) is 0 Å². The fourth-order valence-electron chi connectivity index (χ4n) is 3.07. The first-order chi connectivity index (χ1) is 11.9. The Bertz CT molecular complexity index is 984. The first-order valence-corrected chi connectivity index (χ1v) is 8.44. The third-order valence-electron chi connectivity index (χ3n) is 4.66. The molecule has 0 atom stereocenters. The zero-order valence-electron chi connectivity index (χ0n) is 13.7. The number of nitrogens with two attached hydrogens (primary N) is 1. The van der Waals surface area contributed by atoms with Gasteiger partial charge in [-0.05, 0) is 25.8 Å². The second-order valence-corrected chi connectivity index (χ2v) is 7.09. The highest BCUT2D eigenvalue weighted by Gasteiger charge is 2.27. The Labute approximate surface area is 148 Å². The van der Waals surface area contributed by atoms with Gasteiger partial charge in [0, 0.05) is 36.6 Å².